The molecule has 4 nitrogen and oxygen atoms in total. The first-order valence-electron chi connectivity index (χ1n) is 5.40. The van der Waals surface area contributed by atoms with Crippen LogP contribution in [-0.2, 0) is 6.54 Å². The molecule has 1 amide bonds. The van der Waals surface area contributed by atoms with Gasteiger partial charge in [-0.15, -0.1) is 0 Å². The van der Waals surface area contributed by atoms with E-state index >= 15 is 0 Å². The molecule has 0 bridgehead atoms. The Morgan fingerprint density at radius 1 is 1.33 bits per heavy atom. The predicted octanol–water partition coefficient (Wildman–Crippen LogP) is 3.46. The van der Waals surface area contributed by atoms with E-state index in [1.807, 2.05) is 6.92 Å². The van der Waals surface area contributed by atoms with Crippen LogP contribution in [0, 0.1) is 0 Å². The minimum atomic E-state index is -0.277. The highest BCUT2D eigenvalue weighted by Gasteiger charge is 2.10. The zero-order valence-corrected chi connectivity index (χ0v) is 11.2. The molecule has 2 rings (SSSR count). The van der Waals surface area contributed by atoms with Crippen molar-refractivity contribution in [1.82, 2.24) is 9.78 Å². The smallest absolute Gasteiger partial charge is 0.276 e. The van der Waals surface area contributed by atoms with Gasteiger partial charge >= 0.3 is 0 Å². The van der Waals surface area contributed by atoms with Crippen molar-refractivity contribution in [3.8, 4) is 0 Å². The van der Waals surface area contributed by atoms with Gasteiger partial charge in [-0.25, -0.2) is 0 Å². The van der Waals surface area contributed by atoms with E-state index in [0.29, 0.717) is 21.4 Å². The van der Waals surface area contributed by atoms with Crippen LogP contribution in [0.2, 0.25) is 10.0 Å². The van der Waals surface area contributed by atoms with Crippen LogP contribution in [0.25, 0.3) is 0 Å². The lowest BCUT2D eigenvalue weighted by atomic mass is 10.3. The largest absolute Gasteiger partial charge is 0.321 e. The molecule has 0 saturated carbocycles. The SMILES string of the molecule is CCn1ccc(C(=O)Nc2ccc(Cl)c(Cl)c2)n1. The maximum Gasteiger partial charge on any atom is 0.276 e. The normalized spacial score (nSPS) is 10.4. The second-order valence-corrected chi connectivity index (χ2v) is 4.45. The van der Waals surface area contributed by atoms with E-state index in [9.17, 15) is 4.79 Å². The lowest BCUT2D eigenvalue weighted by Crippen LogP contribution is -2.13. The molecule has 0 spiro atoms. The topological polar surface area (TPSA) is 46.9 Å². The van der Waals surface area contributed by atoms with Crippen LogP contribution in [0.15, 0.2) is 30.5 Å². The fourth-order valence-corrected chi connectivity index (χ4v) is 1.73. The van der Waals surface area contributed by atoms with E-state index in [4.69, 9.17) is 23.2 Å². The van der Waals surface area contributed by atoms with Crippen molar-refractivity contribution in [3.63, 3.8) is 0 Å². The van der Waals surface area contributed by atoms with Gasteiger partial charge < -0.3 is 5.32 Å². The molecule has 1 heterocycles. The number of amides is 1. The lowest BCUT2D eigenvalue weighted by Gasteiger charge is -2.04. The number of nitrogens with zero attached hydrogens (tertiary/aromatic N) is 2. The molecule has 18 heavy (non-hydrogen) atoms. The summed E-state index contributed by atoms with van der Waals surface area (Å²) in [6.45, 7) is 2.67. The van der Waals surface area contributed by atoms with Crippen molar-refractivity contribution < 1.29 is 4.79 Å². The van der Waals surface area contributed by atoms with Gasteiger partial charge in [0.15, 0.2) is 5.69 Å². The summed E-state index contributed by atoms with van der Waals surface area (Å²) in [6.07, 6.45) is 1.75. The Kier molecular flexibility index (Phi) is 3.89. The molecule has 2 aromatic rings. The van der Waals surface area contributed by atoms with Crippen molar-refractivity contribution in [2.24, 2.45) is 0 Å². The maximum absolute atomic E-state index is 11.9. The third-order valence-corrected chi connectivity index (χ3v) is 3.11. The molecule has 1 N–H and O–H groups in total. The fourth-order valence-electron chi connectivity index (χ4n) is 1.43. The third-order valence-electron chi connectivity index (χ3n) is 2.37. The number of halogens is 2. The summed E-state index contributed by atoms with van der Waals surface area (Å²) in [5, 5.41) is 7.66. The second-order valence-electron chi connectivity index (χ2n) is 3.64. The van der Waals surface area contributed by atoms with E-state index in [2.05, 4.69) is 10.4 Å². The molecule has 0 radical (unpaired) electrons. The Hall–Kier alpha value is -1.52. The van der Waals surface area contributed by atoms with E-state index in [-0.39, 0.29) is 5.91 Å². The minimum Gasteiger partial charge on any atom is -0.321 e. The highest BCUT2D eigenvalue weighted by atomic mass is 35.5. The standard InChI is InChI=1S/C12H11Cl2N3O/c1-2-17-6-5-11(16-17)12(18)15-8-3-4-9(13)10(14)7-8/h3-7H,2H2,1H3,(H,15,18). The van der Waals surface area contributed by atoms with Crippen LogP contribution in [0.3, 0.4) is 0 Å². The van der Waals surface area contributed by atoms with E-state index in [1.54, 1.807) is 35.1 Å². The summed E-state index contributed by atoms with van der Waals surface area (Å²) < 4.78 is 1.68. The number of anilines is 1. The third kappa shape index (κ3) is 2.83. The van der Waals surface area contributed by atoms with Crippen molar-refractivity contribution in [2.45, 2.75) is 13.5 Å². The first kappa shape index (κ1) is 12.9. The average Bonchev–Trinajstić information content (AvgIpc) is 2.82. The molecule has 0 atom stereocenters. The van der Waals surface area contributed by atoms with Gasteiger partial charge in [-0.05, 0) is 31.2 Å². The molecule has 0 fully saturated rings. The molecular formula is C12H11Cl2N3O. The van der Waals surface area contributed by atoms with Crippen LogP contribution in [0.4, 0.5) is 5.69 Å². The Morgan fingerprint density at radius 2 is 2.11 bits per heavy atom. The first-order valence-corrected chi connectivity index (χ1v) is 6.15. The summed E-state index contributed by atoms with van der Waals surface area (Å²) in [5.41, 5.74) is 0.948. The highest BCUT2D eigenvalue weighted by molar-refractivity contribution is 6.42. The van der Waals surface area contributed by atoms with Gasteiger partial charge in [0, 0.05) is 18.4 Å². The number of aryl methyl sites for hydroxylation is 1. The van der Waals surface area contributed by atoms with Crippen molar-refractivity contribution in [1.29, 1.82) is 0 Å². The van der Waals surface area contributed by atoms with Crippen molar-refractivity contribution >= 4 is 34.8 Å². The number of hydrogen-bond donors (Lipinski definition) is 1. The summed E-state index contributed by atoms with van der Waals surface area (Å²) in [4.78, 5) is 11.9. The number of rotatable bonds is 3. The van der Waals surface area contributed by atoms with Crippen LogP contribution >= 0.6 is 23.2 Å². The van der Waals surface area contributed by atoms with Gasteiger partial charge in [0.05, 0.1) is 10.0 Å². The zero-order chi connectivity index (χ0) is 13.1. The van der Waals surface area contributed by atoms with E-state index in [1.165, 1.54) is 0 Å². The van der Waals surface area contributed by atoms with Gasteiger partial charge in [0.1, 0.15) is 0 Å². The van der Waals surface area contributed by atoms with Crippen LogP contribution in [-0.4, -0.2) is 15.7 Å². The maximum atomic E-state index is 11.9. The van der Waals surface area contributed by atoms with Crippen molar-refractivity contribution in [3.05, 3.63) is 46.2 Å². The molecule has 0 saturated heterocycles. The summed E-state index contributed by atoms with van der Waals surface area (Å²) in [7, 11) is 0. The molecule has 6 heteroatoms. The van der Waals surface area contributed by atoms with E-state index < -0.39 is 0 Å². The highest BCUT2D eigenvalue weighted by Crippen LogP contribution is 2.25. The molecule has 0 aliphatic carbocycles. The van der Waals surface area contributed by atoms with Crippen LogP contribution in [0.1, 0.15) is 17.4 Å². The number of carbonyl (C=O) groups excluding carboxylic acids is 1. The van der Waals surface area contributed by atoms with E-state index in [0.717, 1.165) is 6.54 Å². The summed E-state index contributed by atoms with van der Waals surface area (Å²) in [6, 6.07) is 6.57. The quantitative estimate of drug-likeness (QED) is 0.938. The molecule has 1 aromatic carbocycles. The van der Waals surface area contributed by atoms with Crippen molar-refractivity contribution in [2.75, 3.05) is 5.32 Å². The second kappa shape index (κ2) is 5.42. The summed E-state index contributed by atoms with van der Waals surface area (Å²) in [5.74, 6) is -0.277. The van der Waals surface area contributed by atoms with Gasteiger partial charge in [-0.3, -0.25) is 9.48 Å². The lowest BCUT2D eigenvalue weighted by molar-refractivity contribution is 0.102. The fraction of sp³-hybridized carbons (Fsp3) is 0.167. The van der Waals surface area contributed by atoms with Crippen LogP contribution < -0.4 is 5.32 Å². The van der Waals surface area contributed by atoms with Crippen LogP contribution in [0.5, 0.6) is 0 Å². The Morgan fingerprint density at radius 3 is 2.72 bits per heavy atom. The van der Waals surface area contributed by atoms with Gasteiger partial charge in [-0.2, -0.15) is 5.10 Å². The molecular weight excluding hydrogens is 273 g/mol. The number of hydrogen-bond acceptors (Lipinski definition) is 2. The molecule has 0 aliphatic rings. The first-order chi connectivity index (χ1) is 8.60. The summed E-state index contributed by atoms with van der Waals surface area (Å²) >= 11 is 11.7. The number of aromatic nitrogens is 2. The molecule has 94 valence electrons. The average molecular weight is 284 g/mol. The number of benzene rings is 1. The zero-order valence-electron chi connectivity index (χ0n) is 9.65. The Bertz CT molecular complexity index is 580. The molecule has 1 aromatic heterocycles. The minimum absolute atomic E-state index is 0.277. The van der Waals surface area contributed by atoms with Gasteiger partial charge in [-0.1, -0.05) is 23.2 Å². The number of nitrogens with one attached hydrogen (secondary N) is 1. The Balaban J connectivity index is 2.13. The molecule has 0 aliphatic heterocycles. The number of carbonyl (C=O) groups is 1. The van der Waals surface area contributed by atoms with Gasteiger partial charge in [0.2, 0.25) is 0 Å². The monoisotopic (exact) mass is 283 g/mol. The van der Waals surface area contributed by atoms with Gasteiger partial charge in [0.25, 0.3) is 5.91 Å². The molecule has 0 unspecified atom stereocenters. The predicted molar refractivity (Wildman–Crippen MR) is 72.3 cm³/mol. The Labute approximate surface area is 115 Å².